The quantitative estimate of drug-likeness (QED) is 0.711. The van der Waals surface area contributed by atoms with Gasteiger partial charge in [0, 0.05) is 26.2 Å². The Morgan fingerprint density at radius 2 is 2.08 bits per heavy atom. The molecule has 1 amide bonds. The molecule has 0 spiro atoms. The lowest BCUT2D eigenvalue weighted by Crippen LogP contribution is -2.51. The van der Waals surface area contributed by atoms with Crippen LogP contribution in [0, 0.1) is 0 Å². The lowest BCUT2D eigenvalue weighted by molar-refractivity contribution is -0.122. The highest BCUT2D eigenvalue weighted by molar-refractivity contribution is 7.91. The summed E-state index contributed by atoms with van der Waals surface area (Å²) in [6.07, 6.45) is 2.41. The van der Waals surface area contributed by atoms with Crippen molar-refractivity contribution in [1.82, 2.24) is 13.9 Å². The summed E-state index contributed by atoms with van der Waals surface area (Å²) in [4.78, 5) is 12.2. The third-order valence-corrected chi connectivity index (χ3v) is 8.57. The molecule has 2 rings (SSSR count). The Hall–Kier alpha value is -0.720. The van der Waals surface area contributed by atoms with Crippen molar-refractivity contribution in [3.8, 4) is 0 Å². The number of hydrogen-bond acceptors (Lipinski definition) is 6. The van der Waals surface area contributed by atoms with Gasteiger partial charge in [-0.1, -0.05) is 11.6 Å². The molecule has 12 heteroatoms. The van der Waals surface area contributed by atoms with Crippen LogP contribution in [0.1, 0.15) is 12.8 Å². The van der Waals surface area contributed by atoms with Gasteiger partial charge < -0.3 is 5.32 Å². The van der Waals surface area contributed by atoms with Gasteiger partial charge >= 0.3 is 0 Å². The fourth-order valence-corrected chi connectivity index (χ4v) is 6.24. The fraction of sp³-hybridized carbons (Fsp3) is 0.615. The largest absolute Gasteiger partial charge is 0.351 e. The summed E-state index contributed by atoms with van der Waals surface area (Å²) in [5, 5.41) is 2.71. The van der Waals surface area contributed by atoms with E-state index in [-0.39, 0.29) is 23.3 Å². The average molecular weight is 430 g/mol. The van der Waals surface area contributed by atoms with Crippen LogP contribution < -0.4 is 5.32 Å². The third-order valence-electron chi connectivity index (χ3n) is 3.80. The molecule has 142 valence electrons. The number of halogens is 1. The molecule has 0 radical (unpaired) electrons. The van der Waals surface area contributed by atoms with Crippen LogP contribution in [0.15, 0.2) is 16.3 Å². The number of likely N-dealkylation sites (N-methyl/N-ethyl adjacent to an activating group) is 1. The summed E-state index contributed by atoms with van der Waals surface area (Å²) in [7, 11) is -5.79. The molecular formula is C13H20ClN3O5S3. The molecule has 0 aliphatic carbocycles. The van der Waals surface area contributed by atoms with E-state index in [2.05, 4.69) is 5.32 Å². The van der Waals surface area contributed by atoms with E-state index in [9.17, 15) is 21.6 Å². The van der Waals surface area contributed by atoms with Crippen LogP contribution in [0.4, 0.5) is 0 Å². The molecule has 1 aromatic rings. The first-order valence-corrected chi connectivity index (χ1v) is 11.9. The normalized spacial score (nSPS) is 19.9. The van der Waals surface area contributed by atoms with Gasteiger partial charge in [-0.2, -0.15) is 4.31 Å². The number of nitrogens with one attached hydrogen (secondary N) is 1. The van der Waals surface area contributed by atoms with Crippen LogP contribution in [0.5, 0.6) is 0 Å². The maximum absolute atomic E-state index is 12.4. The number of sulfonamides is 2. The van der Waals surface area contributed by atoms with E-state index in [1.807, 2.05) is 0 Å². The number of rotatable bonds is 6. The summed E-state index contributed by atoms with van der Waals surface area (Å²) in [6, 6.07) is 2.54. The highest BCUT2D eigenvalue weighted by Gasteiger charge is 2.29. The highest BCUT2D eigenvalue weighted by atomic mass is 35.5. The van der Waals surface area contributed by atoms with Gasteiger partial charge in [0.25, 0.3) is 10.0 Å². The zero-order valence-corrected chi connectivity index (χ0v) is 17.0. The summed E-state index contributed by atoms with van der Waals surface area (Å²) in [5.74, 6) is -0.478. The molecule has 1 unspecified atom stereocenters. The van der Waals surface area contributed by atoms with Gasteiger partial charge in [0.1, 0.15) is 4.21 Å². The second kappa shape index (κ2) is 7.89. The van der Waals surface area contributed by atoms with Gasteiger partial charge in [0.05, 0.1) is 17.1 Å². The Morgan fingerprint density at radius 3 is 2.64 bits per heavy atom. The Labute approximate surface area is 156 Å². The number of nitrogens with zero attached hydrogens (tertiary/aromatic N) is 2. The smallest absolute Gasteiger partial charge is 0.252 e. The van der Waals surface area contributed by atoms with Crippen LogP contribution in [-0.4, -0.2) is 70.3 Å². The predicted molar refractivity (Wildman–Crippen MR) is 96.7 cm³/mol. The Bertz CT molecular complexity index is 837. The van der Waals surface area contributed by atoms with E-state index < -0.39 is 26.0 Å². The van der Waals surface area contributed by atoms with Crippen molar-refractivity contribution in [1.29, 1.82) is 0 Å². The van der Waals surface area contributed by atoms with Gasteiger partial charge in [-0.25, -0.2) is 21.1 Å². The number of piperidine rings is 1. The monoisotopic (exact) mass is 429 g/mol. The number of hydrogen-bond donors (Lipinski definition) is 1. The van der Waals surface area contributed by atoms with E-state index in [1.54, 1.807) is 0 Å². The molecule has 25 heavy (non-hydrogen) atoms. The van der Waals surface area contributed by atoms with E-state index >= 15 is 0 Å². The van der Waals surface area contributed by atoms with Crippen molar-refractivity contribution in [3.63, 3.8) is 0 Å². The van der Waals surface area contributed by atoms with Crippen LogP contribution in [0.2, 0.25) is 4.34 Å². The van der Waals surface area contributed by atoms with Crippen molar-refractivity contribution in [2.24, 2.45) is 0 Å². The van der Waals surface area contributed by atoms with Crippen LogP contribution >= 0.6 is 22.9 Å². The third kappa shape index (κ3) is 5.38. The average Bonchev–Trinajstić information content (AvgIpc) is 2.93. The van der Waals surface area contributed by atoms with Crippen LogP contribution in [-0.2, 0) is 24.8 Å². The fourth-order valence-electron chi connectivity index (χ4n) is 2.51. The molecule has 2 heterocycles. The van der Waals surface area contributed by atoms with Crippen molar-refractivity contribution >= 4 is 48.9 Å². The number of carbonyl (C=O) groups is 1. The first-order valence-electron chi connectivity index (χ1n) is 7.46. The topological polar surface area (TPSA) is 104 Å². The molecule has 1 aliphatic rings. The number of carbonyl (C=O) groups excluding carboxylic acids is 1. The summed E-state index contributed by atoms with van der Waals surface area (Å²) >= 11 is 6.68. The molecule has 1 aromatic heterocycles. The molecular weight excluding hydrogens is 410 g/mol. The lowest BCUT2D eigenvalue weighted by atomic mass is 10.1. The standard InChI is InChI=1S/C13H20ClN3O5S3/c1-16(25(21,22)13-6-5-11(14)23-13)9-12(18)15-10-4-3-7-17(8-10)24(2,19)20/h5-6,10H,3-4,7-9H2,1-2H3,(H,15,18). The van der Waals surface area contributed by atoms with Gasteiger partial charge in [-0.15, -0.1) is 11.3 Å². The Morgan fingerprint density at radius 1 is 1.40 bits per heavy atom. The van der Waals surface area contributed by atoms with E-state index in [1.165, 1.54) is 23.5 Å². The van der Waals surface area contributed by atoms with E-state index in [0.29, 0.717) is 23.7 Å². The first kappa shape index (κ1) is 20.6. The van der Waals surface area contributed by atoms with Crippen molar-refractivity contribution in [2.45, 2.75) is 23.1 Å². The van der Waals surface area contributed by atoms with E-state index in [0.717, 1.165) is 21.9 Å². The van der Waals surface area contributed by atoms with E-state index in [4.69, 9.17) is 11.6 Å². The zero-order chi connectivity index (χ0) is 18.8. The van der Waals surface area contributed by atoms with Gasteiger partial charge in [-0.3, -0.25) is 4.79 Å². The van der Waals surface area contributed by atoms with Gasteiger partial charge in [0.15, 0.2) is 0 Å². The Balaban J connectivity index is 1.95. The van der Waals surface area contributed by atoms with Crippen molar-refractivity contribution < 1.29 is 21.6 Å². The summed E-state index contributed by atoms with van der Waals surface area (Å²) in [5.41, 5.74) is 0. The minimum absolute atomic E-state index is 0.0636. The molecule has 1 fully saturated rings. The van der Waals surface area contributed by atoms with Crippen LogP contribution in [0.25, 0.3) is 0 Å². The lowest BCUT2D eigenvalue weighted by Gasteiger charge is -2.31. The number of thiophene rings is 1. The molecule has 1 atom stereocenters. The maximum atomic E-state index is 12.4. The minimum Gasteiger partial charge on any atom is -0.351 e. The molecule has 0 saturated carbocycles. The summed E-state index contributed by atoms with van der Waals surface area (Å²) < 4.78 is 50.6. The SMILES string of the molecule is CN(CC(=O)NC1CCCN(S(C)(=O)=O)C1)S(=O)(=O)c1ccc(Cl)s1. The first-order chi connectivity index (χ1) is 11.5. The minimum atomic E-state index is -3.79. The second-order valence-corrected chi connectivity index (χ2v) is 11.8. The molecule has 0 bridgehead atoms. The van der Waals surface area contributed by atoms with Crippen molar-refractivity contribution in [3.05, 3.63) is 16.5 Å². The molecule has 1 N–H and O–H groups in total. The van der Waals surface area contributed by atoms with Crippen molar-refractivity contribution in [2.75, 3.05) is 32.9 Å². The summed E-state index contributed by atoms with van der Waals surface area (Å²) in [6.45, 7) is 0.271. The zero-order valence-electron chi connectivity index (χ0n) is 13.8. The molecule has 1 saturated heterocycles. The Kier molecular flexibility index (Phi) is 6.50. The maximum Gasteiger partial charge on any atom is 0.252 e. The molecule has 8 nitrogen and oxygen atoms in total. The predicted octanol–water partition coefficient (Wildman–Crippen LogP) is 0.562. The second-order valence-electron chi connectivity index (χ2n) is 5.85. The van der Waals surface area contributed by atoms with Gasteiger partial charge in [0.2, 0.25) is 15.9 Å². The van der Waals surface area contributed by atoms with Crippen LogP contribution in [0.3, 0.4) is 0 Å². The van der Waals surface area contributed by atoms with Gasteiger partial charge in [-0.05, 0) is 25.0 Å². The number of amides is 1. The highest BCUT2D eigenvalue weighted by Crippen LogP contribution is 2.27. The molecule has 1 aliphatic heterocycles. The molecule has 0 aromatic carbocycles.